The number of benzene rings is 3. The standard InChI is InChI=1S/C33H40N4O6S/c1-44(41,42)37-31-18-28(14-15-32(31)39)43-21-27(38)20-35-26-12-10-23(11-13-26)22-6-8-24(9-7-22)33(40)34-17-16-25-19-36-30-5-3-2-4-29(25)30/h2-9,14-15,18-19,23,26-27,35-39H,10-13,16-17,20-21H2,1H3,(H,34,40)/t23?,26?,27-/m0/s1. The molecule has 0 unspecified atom stereocenters. The maximum absolute atomic E-state index is 12.7. The Labute approximate surface area is 257 Å². The van der Waals surface area contributed by atoms with Crippen molar-refractivity contribution in [2.75, 3.05) is 30.7 Å². The highest BCUT2D eigenvalue weighted by Gasteiger charge is 2.23. The molecule has 1 amide bonds. The molecule has 234 valence electrons. The number of para-hydroxylation sites is 1. The Bertz CT molecular complexity index is 1660. The number of hydrogen-bond acceptors (Lipinski definition) is 7. The summed E-state index contributed by atoms with van der Waals surface area (Å²) in [5.41, 5.74) is 4.22. The monoisotopic (exact) mass is 620 g/mol. The van der Waals surface area contributed by atoms with Gasteiger partial charge >= 0.3 is 0 Å². The molecule has 44 heavy (non-hydrogen) atoms. The van der Waals surface area contributed by atoms with E-state index in [1.54, 1.807) is 0 Å². The molecule has 1 fully saturated rings. The van der Waals surface area contributed by atoms with Crippen molar-refractivity contribution in [1.82, 2.24) is 15.6 Å². The second kappa shape index (κ2) is 14.1. The summed E-state index contributed by atoms with van der Waals surface area (Å²) < 4.78 is 30.8. The Balaban J connectivity index is 1.01. The number of H-pyrrole nitrogens is 1. The second-order valence-electron chi connectivity index (χ2n) is 11.5. The molecule has 1 atom stereocenters. The smallest absolute Gasteiger partial charge is 0.251 e. The van der Waals surface area contributed by atoms with Crippen LogP contribution < -0.4 is 20.1 Å². The number of hydrogen-bond donors (Lipinski definition) is 6. The highest BCUT2D eigenvalue weighted by molar-refractivity contribution is 7.92. The first-order chi connectivity index (χ1) is 21.1. The molecule has 1 heterocycles. The number of aliphatic hydroxyl groups excluding tert-OH is 1. The molecule has 1 aliphatic carbocycles. The molecule has 4 aromatic rings. The van der Waals surface area contributed by atoms with Crippen LogP contribution in [0, 0.1) is 0 Å². The molecule has 0 radical (unpaired) electrons. The van der Waals surface area contributed by atoms with Gasteiger partial charge in [0.1, 0.15) is 24.2 Å². The first kappa shape index (κ1) is 31.4. The van der Waals surface area contributed by atoms with Gasteiger partial charge in [-0.1, -0.05) is 30.3 Å². The summed E-state index contributed by atoms with van der Waals surface area (Å²) in [5, 5.41) is 27.9. The van der Waals surface area contributed by atoms with E-state index in [-0.39, 0.29) is 24.0 Å². The minimum absolute atomic E-state index is 0.0182. The van der Waals surface area contributed by atoms with E-state index in [0.717, 1.165) is 43.9 Å². The Kier molecular flexibility index (Phi) is 10.1. The minimum atomic E-state index is -3.55. The number of carbonyl (C=O) groups excluding carboxylic acids is 1. The van der Waals surface area contributed by atoms with Crippen molar-refractivity contribution in [1.29, 1.82) is 0 Å². The molecule has 6 N–H and O–H groups in total. The lowest BCUT2D eigenvalue weighted by Crippen LogP contribution is -2.39. The average molecular weight is 621 g/mol. The molecular weight excluding hydrogens is 580 g/mol. The normalized spacial score (nSPS) is 17.7. The van der Waals surface area contributed by atoms with Crippen LogP contribution in [0.25, 0.3) is 10.9 Å². The molecule has 1 saturated carbocycles. The van der Waals surface area contributed by atoms with Crippen molar-refractivity contribution in [3.8, 4) is 11.5 Å². The van der Waals surface area contributed by atoms with Crippen LogP contribution in [0.4, 0.5) is 5.69 Å². The number of amides is 1. The van der Waals surface area contributed by atoms with Crippen LogP contribution in [0.1, 0.15) is 53.1 Å². The quantitative estimate of drug-likeness (QED) is 0.122. The minimum Gasteiger partial charge on any atom is -0.506 e. The number of sulfonamides is 1. The second-order valence-corrected chi connectivity index (χ2v) is 13.2. The summed E-state index contributed by atoms with van der Waals surface area (Å²) in [7, 11) is -3.55. The van der Waals surface area contributed by atoms with Gasteiger partial charge in [0.25, 0.3) is 5.91 Å². The highest BCUT2D eigenvalue weighted by atomic mass is 32.2. The topological polar surface area (TPSA) is 153 Å². The van der Waals surface area contributed by atoms with Crippen molar-refractivity contribution >= 4 is 32.5 Å². The van der Waals surface area contributed by atoms with Crippen LogP contribution >= 0.6 is 0 Å². The van der Waals surface area contributed by atoms with Crippen LogP contribution in [0.3, 0.4) is 0 Å². The molecule has 0 spiro atoms. The Morgan fingerprint density at radius 3 is 2.55 bits per heavy atom. The van der Waals surface area contributed by atoms with Gasteiger partial charge in [-0.25, -0.2) is 8.42 Å². The zero-order valence-electron chi connectivity index (χ0n) is 24.8. The van der Waals surface area contributed by atoms with Crippen LogP contribution in [-0.2, 0) is 16.4 Å². The number of aliphatic hydroxyl groups is 1. The number of aromatic nitrogens is 1. The number of aromatic hydroxyl groups is 1. The van der Waals surface area contributed by atoms with E-state index < -0.39 is 16.1 Å². The number of fused-ring (bicyclic) bond motifs is 1. The number of anilines is 1. The zero-order chi connectivity index (χ0) is 31.1. The van der Waals surface area contributed by atoms with Crippen LogP contribution in [0.15, 0.2) is 72.9 Å². The molecule has 3 aromatic carbocycles. The summed E-state index contributed by atoms with van der Waals surface area (Å²) in [6, 6.07) is 20.6. The molecule has 0 aliphatic heterocycles. The van der Waals surface area contributed by atoms with Gasteiger partial charge in [0.05, 0.1) is 11.9 Å². The Hall–Kier alpha value is -4.06. The van der Waals surface area contributed by atoms with E-state index in [4.69, 9.17) is 4.74 Å². The number of ether oxygens (including phenoxy) is 1. The van der Waals surface area contributed by atoms with Gasteiger partial charge in [-0.15, -0.1) is 0 Å². The first-order valence-corrected chi connectivity index (χ1v) is 16.8. The van der Waals surface area contributed by atoms with Crippen LogP contribution in [0.5, 0.6) is 11.5 Å². The van der Waals surface area contributed by atoms with Crippen molar-refractivity contribution in [2.24, 2.45) is 0 Å². The molecule has 0 saturated heterocycles. The summed E-state index contributed by atoms with van der Waals surface area (Å²) in [5.74, 6) is 0.491. The van der Waals surface area contributed by atoms with Gasteiger partial charge < -0.3 is 30.6 Å². The van der Waals surface area contributed by atoms with Crippen molar-refractivity contribution < 1.29 is 28.2 Å². The predicted octanol–water partition coefficient (Wildman–Crippen LogP) is 4.27. The molecule has 11 heteroatoms. The lowest BCUT2D eigenvalue weighted by atomic mass is 9.81. The number of nitrogens with one attached hydrogen (secondary N) is 4. The highest BCUT2D eigenvalue weighted by Crippen LogP contribution is 2.33. The number of rotatable bonds is 13. The Morgan fingerprint density at radius 2 is 1.80 bits per heavy atom. The van der Waals surface area contributed by atoms with E-state index in [2.05, 4.69) is 38.5 Å². The van der Waals surface area contributed by atoms with Gasteiger partial charge in [0, 0.05) is 47.9 Å². The average Bonchev–Trinajstić information content (AvgIpc) is 3.43. The zero-order valence-corrected chi connectivity index (χ0v) is 25.6. The number of aromatic amines is 1. The van der Waals surface area contributed by atoms with E-state index >= 15 is 0 Å². The maximum Gasteiger partial charge on any atom is 0.251 e. The third kappa shape index (κ3) is 8.52. The van der Waals surface area contributed by atoms with Crippen LogP contribution in [-0.4, -0.2) is 67.6 Å². The van der Waals surface area contributed by atoms with Crippen LogP contribution in [0.2, 0.25) is 0 Å². The number of carbonyl (C=O) groups is 1. The van der Waals surface area contributed by atoms with Gasteiger partial charge in [-0.05, 0) is 79.5 Å². The first-order valence-electron chi connectivity index (χ1n) is 14.9. The SMILES string of the molecule is CS(=O)(=O)Nc1cc(OC[C@@H](O)CNC2CCC(c3ccc(C(=O)NCCc4c[nH]c5ccccc45)cc3)CC2)ccc1O. The fourth-order valence-electron chi connectivity index (χ4n) is 5.73. The molecule has 0 bridgehead atoms. The van der Waals surface area contributed by atoms with Crippen molar-refractivity contribution in [3.63, 3.8) is 0 Å². The molecule has 5 rings (SSSR count). The van der Waals surface area contributed by atoms with E-state index in [1.165, 1.54) is 34.7 Å². The fourth-order valence-corrected chi connectivity index (χ4v) is 6.29. The van der Waals surface area contributed by atoms with E-state index in [0.29, 0.717) is 36.4 Å². The molecule has 10 nitrogen and oxygen atoms in total. The summed E-state index contributed by atoms with van der Waals surface area (Å²) >= 11 is 0. The van der Waals surface area contributed by atoms with Gasteiger partial charge in [0.2, 0.25) is 10.0 Å². The van der Waals surface area contributed by atoms with E-state index in [1.807, 2.05) is 36.5 Å². The van der Waals surface area contributed by atoms with Crippen molar-refractivity contribution in [3.05, 3.63) is 89.6 Å². The summed E-state index contributed by atoms with van der Waals surface area (Å²) in [6.07, 6.45) is 7.00. The lowest BCUT2D eigenvalue weighted by Gasteiger charge is -2.30. The third-order valence-corrected chi connectivity index (χ3v) is 8.66. The van der Waals surface area contributed by atoms with E-state index in [9.17, 15) is 23.4 Å². The van der Waals surface area contributed by atoms with Gasteiger partial charge in [-0.2, -0.15) is 0 Å². The lowest BCUT2D eigenvalue weighted by molar-refractivity contribution is 0.0954. The van der Waals surface area contributed by atoms with Gasteiger partial charge in [-0.3, -0.25) is 9.52 Å². The Morgan fingerprint density at radius 1 is 1.05 bits per heavy atom. The molecular formula is C33H40N4O6S. The fraction of sp³-hybridized carbons (Fsp3) is 0.364. The number of phenolic OH excluding ortho intramolecular Hbond substituents is 1. The van der Waals surface area contributed by atoms with Gasteiger partial charge in [0.15, 0.2) is 0 Å². The summed E-state index contributed by atoms with van der Waals surface area (Å²) in [4.78, 5) is 16.0. The predicted molar refractivity (Wildman–Crippen MR) is 172 cm³/mol. The maximum atomic E-state index is 12.7. The summed E-state index contributed by atoms with van der Waals surface area (Å²) in [6.45, 7) is 0.960. The molecule has 1 aliphatic rings. The van der Waals surface area contributed by atoms with Crippen molar-refractivity contribution in [2.45, 2.75) is 50.2 Å². The third-order valence-electron chi connectivity index (χ3n) is 8.07. The number of phenols is 1. The molecule has 1 aromatic heterocycles. The largest absolute Gasteiger partial charge is 0.506 e.